The molecule has 1 aliphatic rings. The molecular formula is C15H19FO4. The van der Waals surface area contributed by atoms with E-state index in [0.717, 1.165) is 18.9 Å². The predicted molar refractivity (Wildman–Crippen MR) is 71.2 cm³/mol. The molecule has 1 aromatic rings. The quantitative estimate of drug-likeness (QED) is 0.922. The largest absolute Gasteiger partial charge is 0.478 e. The number of carboxylic acids is 1. The highest BCUT2D eigenvalue weighted by molar-refractivity contribution is 5.89. The summed E-state index contributed by atoms with van der Waals surface area (Å²) in [5.74, 6) is -1.70. The highest BCUT2D eigenvalue weighted by atomic mass is 19.1. The molecule has 1 aliphatic heterocycles. The van der Waals surface area contributed by atoms with Crippen LogP contribution in [0.3, 0.4) is 0 Å². The highest BCUT2D eigenvalue weighted by Crippen LogP contribution is 2.23. The molecule has 0 aromatic heterocycles. The first-order valence-corrected chi connectivity index (χ1v) is 6.74. The average molecular weight is 282 g/mol. The lowest BCUT2D eigenvalue weighted by molar-refractivity contribution is -0.106. The Hall–Kier alpha value is -1.46. The van der Waals surface area contributed by atoms with Gasteiger partial charge in [0, 0.05) is 0 Å². The monoisotopic (exact) mass is 282 g/mol. The van der Waals surface area contributed by atoms with Gasteiger partial charge in [-0.25, -0.2) is 9.18 Å². The molecule has 1 aromatic carbocycles. The van der Waals surface area contributed by atoms with Crippen molar-refractivity contribution in [1.29, 1.82) is 0 Å². The minimum absolute atomic E-state index is 0.0421. The Morgan fingerprint density at radius 1 is 1.40 bits per heavy atom. The van der Waals surface area contributed by atoms with Crippen LogP contribution in [0.25, 0.3) is 0 Å². The summed E-state index contributed by atoms with van der Waals surface area (Å²) in [6, 6.07) is 3.74. The second-order valence-corrected chi connectivity index (χ2v) is 5.27. The van der Waals surface area contributed by atoms with E-state index in [1.54, 1.807) is 0 Å². The second-order valence-electron chi connectivity index (χ2n) is 5.27. The van der Waals surface area contributed by atoms with Gasteiger partial charge in [0.15, 0.2) is 0 Å². The summed E-state index contributed by atoms with van der Waals surface area (Å²) in [6.07, 6.45) is 1.88. The Morgan fingerprint density at radius 3 is 2.65 bits per heavy atom. The van der Waals surface area contributed by atoms with Crippen molar-refractivity contribution in [3.05, 3.63) is 35.1 Å². The van der Waals surface area contributed by atoms with E-state index in [4.69, 9.17) is 14.6 Å². The van der Waals surface area contributed by atoms with Crippen LogP contribution in [-0.4, -0.2) is 29.4 Å². The van der Waals surface area contributed by atoms with Crippen molar-refractivity contribution in [3.63, 3.8) is 0 Å². The van der Waals surface area contributed by atoms with Gasteiger partial charge >= 0.3 is 5.97 Å². The Morgan fingerprint density at radius 2 is 2.05 bits per heavy atom. The zero-order valence-electron chi connectivity index (χ0n) is 11.6. The lowest BCUT2D eigenvalue weighted by Gasteiger charge is -2.32. The summed E-state index contributed by atoms with van der Waals surface area (Å²) in [4.78, 5) is 11.1. The van der Waals surface area contributed by atoms with Crippen LogP contribution in [0.5, 0.6) is 0 Å². The van der Waals surface area contributed by atoms with E-state index in [1.165, 1.54) is 12.1 Å². The van der Waals surface area contributed by atoms with E-state index in [2.05, 4.69) is 0 Å². The Balaban J connectivity index is 2.02. The minimum Gasteiger partial charge on any atom is -0.478 e. The smallest absolute Gasteiger partial charge is 0.336 e. The standard InChI is InChI=1S/C15H19FO4/c1-9-5-13(6-10(2)20-9)19-8-11-3-4-12(16)7-14(11)15(17)18/h3-4,7,9-10,13H,5-6,8H2,1-2H3,(H,17,18). The molecule has 4 nitrogen and oxygen atoms in total. The zero-order valence-corrected chi connectivity index (χ0v) is 11.6. The van der Waals surface area contributed by atoms with Crippen molar-refractivity contribution in [2.45, 2.75) is 51.6 Å². The predicted octanol–water partition coefficient (Wildman–Crippen LogP) is 3.00. The molecule has 1 fully saturated rings. The molecule has 0 amide bonds. The first-order valence-electron chi connectivity index (χ1n) is 6.74. The normalized spacial score (nSPS) is 26.4. The summed E-state index contributed by atoms with van der Waals surface area (Å²) in [6.45, 7) is 4.16. The summed E-state index contributed by atoms with van der Waals surface area (Å²) in [7, 11) is 0. The fraction of sp³-hybridized carbons (Fsp3) is 0.533. The van der Waals surface area contributed by atoms with Crippen LogP contribution in [0.4, 0.5) is 4.39 Å². The molecule has 5 heteroatoms. The van der Waals surface area contributed by atoms with Gasteiger partial charge in [-0.1, -0.05) is 6.07 Å². The molecule has 0 spiro atoms. The van der Waals surface area contributed by atoms with Gasteiger partial charge in [0.05, 0.1) is 30.5 Å². The molecule has 0 bridgehead atoms. The number of carboxylic acid groups (broad SMARTS) is 1. The van der Waals surface area contributed by atoms with Crippen molar-refractivity contribution in [2.75, 3.05) is 0 Å². The third-order valence-corrected chi connectivity index (χ3v) is 3.43. The lowest BCUT2D eigenvalue weighted by Crippen LogP contribution is -2.34. The van der Waals surface area contributed by atoms with E-state index in [9.17, 15) is 9.18 Å². The Labute approximate surface area is 117 Å². The van der Waals surface area contributed by atoms with Crippen LogP contribution in [0.1, 0.15) is 42.6 Å². The lowest BCUT2D eigenvalue weighted by atomic mass is 10.0. The van der Waals surface area contributed by atoms with Crippen LogP contribution in [0, 0.1) is 5.82 Å². The van der Waals surface area contributed by atoms with Crippen LogP contribution in [0.2, 0.25) is 0 Å². The molecule has 20 heavy (non-hydrogen) atoms. The van der Waals surface area contributed by atoms with Crippen molar-refractivity contribution in [2.24, 2.45) is 0 Å². The third kappa shape index (κ3) is 3.77. The van der Waals surface area contributed by atoms with E-state index in [1.807, 2.05) is 13.8 Å². The first kappa shape index (κ1) is 14.9. The van der Waals surface area contributed by atoms with Gasteiger partial charge in [0.25, 0.3) is 0 Å². The Bertz CT molecular complexity index is 479. The maximum absolute atomic E-state index is 13.1. The fourth-order valence-corrected chi connectivity index (χ4v) is 2.56. The topological polar surface area (TPSA) is 55.8 Å². The summed E-state index contributed by atoms with van der Waals surface area (Å²) in [5.41, 5.74) is 0.448. The van der Waals surface area contributed by atoms with Gasteiger partial charge in [0.1, 0.15) is 5.82 Å². The number of rotatable bonds is 4. The van der Waals surface area contributed by atoms with E-state index >= 15 is 0 Å². The van der Waals surface area contributed by atoms with E-state index in [-0.39, 0.29) is 30.5 Å². The van der Waals surface area contributed by atoms with Gasteiger partial charge in [-0.3, -0.25) is 0 Å². The molecule has 1 saturated heterocycles. The van der Waals surface area contributed by atoms with Gasteiger partial charge in [-0.15, -0.1) is 0 Å². The molecule has 1 N–H and O–H groups in total. The number of ether oxygens (including phenoxy) is 2. The second kappa shape index (κ2) is 6.33. The maximum atomic E-state index is 13.1. The molecule has 2 atom stereocenters. The van der Waals surface area contributed by atoms with Crippen molar-refractivity contribution < 1.29 is 23.8 Å². The van der Waals surface area contributed by atoms with Crippen LogP contribution in [-0.2, 0) is 16.1 Å². The maximum Gasteiger partial charge on any atom is 0.336 e. The van der Waals surface area contributed by atoms with Crippen LogP contribution < -0.4 is 0 Å². The molecule has 110 valence electrons. The highest BCUT2D eigenvalue weighted by Gasteiger charge is 2.25. The van der Waals surface area contributed by atoms with Crippen LogP contribution >= 0.6 is 0 Å². The molecule has 2 rings (SSSR count). The van der Waals surface area contributed by atoms with Gasteiger partial charge in [-0.2, -0.15) is 0 Å². The minimum atomic E-state index is -1.14. The van der Waals surface area contributed by atoms with Gasteiger partial charge in [0.2, 0.25) is 0 Å². The number of aromatic carboxylic acids is 1. The third-order valence-electron chi connectivity index (χ3n) is 3.43. The number of hydrogen-bond donors (Lipinski definition) is 1. The first-order chi connectivity index (χ1) is 9.45. The molecule has 0 radical (unpaired) electrons. The van der Waals surface area contributed by atoms with Crippen molar-refractivity contribution in [3.8, 4) is 0 Å². The molecular weight excluding hydrogens is 263 g/mol. The SMILES string of the molecule is CC1CC(OCc2ccc(F)cc2C(=O)O)CC(C)O1. The molecule has 0 aliphatic carbocycles. The van der Waals surface area contributed by atoms with Crippen molar-refractivity contribution >= 4 is 5.97 Å². The average Bonchev–Trinajstić information content (AvgIpc) is 2.36. The number of carbonyl (C=O) groups is 1. The summed E-state index contributed by atoms with van der Waals surface area (Å²) >= 11 is 0. The summed E-state index contributed by atoms with van der Waals surface area (Å²) < 4.78 is 24.5. The zero-order chi connectivity index (χ0) is 14.7. The number of halogens is 1. The van der Waals surface area contributed by atoms with Crippen LogP contribution in [0.15, 0.2) is 18.2 Å². The fourth-order valence-electron chi connectivity index (χ4n) is 2.56. The molecule has 0 saturated carbocycles. The number of benzene rings is 1. The van der Waals surface area contributed by atoms with E-state index in [0.29, 0.717) is 5.56 Å². The van der Waals surface area contributed by atoms with Gasteiger partial charge in [-0.05, 0) is 44.4 Å². The van der Waals surface area contributed by atoms with Gasteiger partial charge < -0.3 is 14.6 Å². The summed E-state index contributed by atoms with van der Waals surface area (Å²) in [5, 5.41) is 9.07. The molecule has 2 unspecified atom stereocenters. The molecule has 1 heterocycles. The van der Waals surface area contributed by atoms with Crippen molar-refractivity contribution in [1.82, 2.24) is 0 Å². The Kier molecular flexibility index (Phi) is 4.73. The number of hydrogen-bond acceptors (Lipinski definition) is 3. The van der Waals surface area contributed by atoms with E-state index < -0.39 is 11.8 Å².